The van der Waals surface area contributed by atoms with E-state index in [1.165, 1.54) is 16.7 Å². The van der Waals surface area contributed by atoms with Crippen molar-refractivity contribution >= 4 is 0 Å². The smallest absolute Gasteiger partial charge is 0.123 e. The summed E-state index contributed by atoms with van der Waals surface area (Å²) in [6, 6.07) is 4.46. The van der Waals surface area contributed by atoms with Crippen molar-refractivity contribution in [2.45, 2.75) is 86.0 Å². The normalized spacial score (nSPS) is 21.8. The van der Waals surface area contributed by atoms with Crippen LogP contribution >= 0.6 is 0 Å². The van der Waals surface area contributed by atoms with Crippen LogP contribution in [-0.4, -0.2) is 5.11 Å². The molecule has 1 atom stereocenters. The van der Waals surface area contributed by atoms with E-state index in [9.17, 15) is 5.11 Å². The molecule has 1 aromatic rings. The van der Waals surface area contributed by atoms with Crippen LogP contribution in [0.25, 0.3) is 0 Å². The van der Waals surface area contributed by atoms with Gasteiger partial charge in [0.2, 0.25) is 0 Å². The number of allylic oxidation sites excluding steroid dienone is 4. The second-order valence-corrected chi connectivity index (χ2v) is 10.4. The maximum atomic E-state index is 10.9. The summed E-state index contributed by atoms with van der Waals surface area (Å²) >= 11 is 0. The SMILES string of the molecule is CC1=CC(C)(Cc2cc(C(C)(C)C)c(O)c(C(C)(C)C)c2)CC(C)=C1. The molecule has 0 saturated carbocycles. The predicted octanol–water partition coefficient (Wildman–Crippen LogP) is 6.83. The second-order valence-electron chi connectivity index (χ2n) is 10.4. The van der Waals surface area contributed by atoms with Crippen molar-refractivity contribution < 1.29 is 5.11 Å². The van der Waals surface area contributed by atoms with E-state index in [2.05, 4.69) is 86.6 Å². The van der Waals surface area contributed by atoms with Gasteiger partial charge in [-0.1, -0.05) is 83.9 Å². The van der Waals surface area contributed by atoms with Gasteiger partial charge in [-0.3, -0.25) is 0 Å². The Morgan fingerprint density at radius 2 is 1.44 bits per heavy atom. The summed E-state index contributed by atoms with van der Waals surface area (Å²) in [7, 11) is 0. The van der Waals surface area contributed by atoms with Crippen LogP contribution in [0, 0.1) is 5.41 Å². The molecular formula is C24H36O. The molecule has 138 valence electrons. The van der Waals surface area contributed by atoms with E-state index in [0.29, 0.717) is 5.75 Å². The lowest BCUT2D eigenvalue weighted by Crippen LogP contribution is -2.22. The minimum atomic E-state index is -0.0743. The van der Waals surface area contributed by atoms with Gasteiger partial charge < -0.3 is 5.11 Å². The van der Waals surface area contributed by atoms with E-state index in [1.54, 1.807) is 0 Å². The summed E-state index contributed by atoms with van der Waals surface area (Å²) in [5.41, 5.74) is 6.25. The molecule has 1 aliphatic carbocycles. The third kappa shape index (κ3) is 4.57. The summed E-state index contributed by atoms with van der Waals surface area (Å²) in [6.07, 6.45) is 6.81. The van der Waals surface area contributed by atoms with Crippen molar-refractivity contribution in [1.29, 1.82) is 0 Å². The Bertz CT molecular complexity index is 684. The Morgan fingerprint density at radius 3 is 1.84 bits per heavy atom. The molecule has 0 fully saturated rings. The molecule has 0 radical (unpaired) electrons. The highest BCUT2D eigenvalue weighted by Crippen LogP contribution is 2.42. The number of phenols is 1. The quantitative estimate of drug-likeness (QED) is 0.625. The molecular weight excluding hydrogens is 304 g/mol. The predicted molar refractivity (Wildman–Crippen MR) is 109 cm³/mol. The molecule has 1 aromatic carbocycles. The fourth-order valence-electron chi connectivity index (χ4n) is 4.24. The van der Waals surface area contributed by atoms with Crippen molar-refractivity contribution in [2.24, 2.45) is 5.41 Å². The summed E-state index contributed by atoms with van der Waals surface area (Å²) in [6.45, 7) is 19.8. The topological polar surface area (TPSA) is 20.2 Å². The van der Waals surface area contributed by atoms with Gasteiger partial charge >= 0.3 is 0 Å². The zero-order chi connectivity index (χ0) is 19.2. The zero-order valence-corrected chi connectivity index (χ0v) is 17.7. The van der Waals surface area contributed by atoms with Crippen LogP contribution in [0.3, 0.4) is 0 Å². The minimum Gasteiger partial charge on any atom is -0.507 e. The van der Waals surface area contributed by atoms with E-state index in [4.69, 9.17) is 0 Å². The van der Waals surface area contributed by atoms with Crippen LogP contribution < -0.4 is 0 Å². The first-order chi connectivity index (χ1) is 11.2. The molecule has 0 aromatic heterocycles. The second kappa shape index (κ2) is 6.34. The van der Waals surface area contributed by atoms with E-state index >= 15 is 0 Å². The first-order valence-electron chi connectivity index (χ1n) is 9.45. The number of hydrogen-bond donors (Lipinski definition) is 1. The van der Waals surface area contributed by atoms with E-state index in [1.807, 2.05) is 0 Å². The lowest BCUT2D eigenvalue weighted by atomic mass is 9.72. The highest BCUT2D eigenvalue weighted by molar-refractivity contribution is 5.50. The molecule has 1 aliphatic rings. The Labute approximate surface area is 154 Å². The van der Waals surface area contributed by atoms with Crippen LogP contribution in [0.5, 0.6) is 5.75 Å². The largest absolute Gasteiger partial charge is 0.507 e. The first kappa shape index (κ1) is 19.8. The van der Waals surface area contributed by atoms with Gasteiger partial charge in [-0.2, -0.15) is 0 Å². The monoisotopic (exact) mass is 340 g/mol. The van der Waals surface area contributed by atoms with Crippen molar-refractivity contribution in [3.63, 3.8) is 0 Å². The number of hydrogen-bond acceptors (Lipinski definition) is 1. The Balaban J connectivity index is 2.54. The minimum absolute atomic E-state index is 0.0743. The van der Waals surface area contributed by atoms with Gasteiger partial charge in [-0.15, -0.1) is 0 Å². The van der Waals surface area contributed by atoms with Gasteiger partial charge in [0.25, 0.3) is 0 Å². The number of phenolic OH excluding ortho intramolecular Hbond substituents is 1. The van der Waals surface area contributed by atoms with Crippen LogP contribution in [0.4, 0.5) is 0 Å². The maximum absolute atomic E-state index is 10.9. The maximum Gasteiger partial charge on any atom is 0.123 e. The summed E-state index contributed by atoms with van der Waals surface area (Å²) in [4.78, 5) is 0. The van der Waals surface area contributed by atoms with Crippen LogP contribution in [0.2, 0.25) is 0 Å². The fraction of sp³-hybridized carbons (Fsp3) is 0.583. The lowest BCUT2D eigenvalue weighted by molar-refractivity contribution is 0.404. The summed E-state index contributed by atoms with van der Waals surface area (Å²) in [5.74, 6) is 0.473. The molecule has 25 heavy (non-hydrogen) atoms. The molecule has 1 heteroatoms. The standard InChI is InChI=1S/C24H36O/c1-16-10-17(2)14-24(9,13-16)15-18-11-19(22(3,4)5)21(25)20(12-18)23(6,7)8/h10-13,25H,14-15H2,1-9H3. The van der Waals surface area contributed by atoms with E-state index < -0.39 is 0 Å². The Morgan fingerprint density at radius 1 is 0.960 bits per heavy atom. The Kier molecular flexibility index (Phi) is 5.03. The molecule has 0 saturated heterocycles. The summed E-state index contributed by atoms with van der Waals surface area (Å²) < 4.78 is 0. The fourth-order valence-corrected chi connectivity index (χ4v) is 4.24. The molecule has 0 bridgehead atoms. The van der Waals surface area contributed by atoms with Crippen LogP contribution in [-0.2, 0) is 17.3 Å². The van der Waals surface area contributed by atoms with Crippen molar-refractivity contribution in [3.8, 4) is 5.75 Å². The van der Waals surface area contributed by atoms with Gasteiger partial charge in [0.15, 0.2) is 0 Å². The number of aromatic hydroxyl groups is 1. The molecule has 0 heterocycles. The molecule has 0 spiro atoms. The van der Waals surface area contributed by atoms with Crippen molar-refractivity contribution in [2.75, 3.05) is 0 Å². The van der Waals surface area contributed by atoms with Gasteiger partial charge in [-0.05, 0) is 59.6 Å². The average molecular weight is 341 g/mol. The van der Waals surface area contributed by atoms with Gasteiger partial charge in [0.1, 0.15) is 5.75 Å². The Hall–Kier alpha value is -1.50. The van der Waals surface area contributed by atoms with Crippen LogP contribution in [0.1, 0.15) is 85.4 Å². The van der Waals surface area contributed by atoms with Gasteiger partial charge in [0, 0.05) is 0 Å². The van der Waals surface area contributed by atoms with E-state index in [0.717, 1.165) is 24.0 Å². The lowest BCUT2D eigenvalue weighted by Gasteiger charge is -2.33. The zero-order valence-electron chi connectivity index (χ0n) is 17.7. The third-order valence-electron chi connectivity index (χ3n) is 5.13. The summed E-state index contributed by atoms with van der Waals surface area (Å²) in [5, 5.41) is 10.9. The van der Waals surface area contributed by atoms with Crippen molar-refractivity contribution in [1.82, 2.24) is 0 Å². The van der Waals surface area contributed by atoms with Crippen LogP contribution in [0.15, 0.2) is 35.4 Å². The molecule has 1 nitrogen and oxygen atoms in total. The van der Waals surface area contributed by atoms with E-state index in [-0.39, 0.29) is 16.2 Å². The van der Waals surface area contributed by atoms with Gasteiger partial charge in [0.05, 0.1) is 0 Å². The third-order valence-corrected chi connectivity index (χ3v) is 5.13. The number of rotatable bonds is 2. The molecule has 1 unspecified atom stereocenters. The highest BCUT2D eigenvalue weighted by atomic mass is 16.3. The number of benzene rings is 1. The molecule has 0 aliphatic heterocycles. The highest BCUT2D eigenvalue weighted by Gasteiger charge is 2.30. The molecule has 1 N–H and O–H groups in total. The molecule has 2 rings (SSSR count). The average Bonchev–Trinajstić information content (AvgIpc) is 2.35. The van der Waals surface area contributed by atoms with Crippen molar-refractivity contribution in [3.05, 3.63) is 52.1 Å². The first-order valence-corrected chi connectivity index (χ1v) is 9.45. The van der Waals surface area contributed by atoms with Gasteiger partial charge in [-0.25, -0.2) is 0 Å². The molecule has 0 amide bonds.